The summed E-state index contributed by atoms with van der Waals surface area (Å²) in [7, 11) is 0. The summed E-state index contributed by atoms with van der Waals surface area (Å²) in [6.07, 6.45) is -0.00531. The second-order valence-electron chi connectivity index (χ2n) is 12.5. The van der Waals surface area contributed by atoms with Crippen LogP contribution in [0.4, 0.5) is 26.7 Å². The van der Waals surface area contributed by atoms with Gasteiger partial charge in [-0.2, -0.15) is 23.4 Å². The molecule has 0 bridgehead atoms. The van der Waals surface area contributed by atoms with Crippen LogP contribution < -0.4 is 11.1 Å². The topological polar surface area (TPSA) is 133 Å². The maximum atomic E-state index is 14.2. The van der Waals surface area contributed by atoms with Gasteiger partial charge in [0.1, 0.15) is 11.7 Å². The van der Waals surface area contributed by atoms with Crippen LogP contribution in [-0.4, -0.2) is 78.6 Å². The van der Waals surface area contributed by atoms with E-state index < -0.39 is 48.6 Å². The largest absolute Gasteiger partial charge is 0.410 e. The molecule has 6 rings (SSSR count). The predicted octanol–water partition coefficient (Wildman–Crippen LogP) is 4.74. The van der Waals surface area contributed by atoms with Crippen molar-refractivity contribution < 1.29 is 36.3 Å². The molecule has 2 aliphatic carbocycles. The van der Waals surface area contributed by atoms with E-state index in [0.717, 1.165) is 17.7 Å². The van der Waals surface area contributed by atoms with Gasteiger partial charge < -0.3 is 20.7 Å². The number of nitrogens with one attached hydrogen (secondary N) is 1. The summed E-state index contributed by atoms with van der Waals surface area (Å²) in [5.41, 5.74) is 7.56. The molecule has 1 aliphatic heterocycles. The molecule has 3 fully saturated rings. The van der Waals surface area contributed by atoms with Crippen molar-refractivity contribution in [1.29, 1.82) is 0 Å². The van der Waals surface area contributed by atoms with Crippen LogP contribution in [0, 0.1) is 5.92 Å². The van der Waals surface area contributed by atoms with E-state index in [-0.39, 0.29) is 56.0 Å². The van der Waals surface area contributed by atoms with E-state index in [4.69, 9.17) is 15.5 Å². The molecule has 3 aromatic heterocycles. The van der Waals surface area contributed by atoms with Gasteiger partial charge in [-0.15, -0.1) is 0 Å². The van der Waals surface area contributed by atoms with Gasteiger partial charge in [0.15, 0.2) is 5.65 Å². The number of imidazole rings is 1. The number of urea groups is 1. The lowest BCUT2D eigenvalue weighted by Gasteiger charge is -2.32. The lowest BCUT2D eigenvalue weighted by atomic mass is 9.76. The molecular weight excluding hydrogens is 603 g/mol. The fourth-order valence-electron chi connectivity index (χ4n) is 6.25. The zero-order chi connectivity index (χ0) is 32.3. The summed E-state index contributed by atoms with van der Waals surface area (Å²) in [6, 6.07) is -0.700. The summed E-state index contributed by atoms with van der Waals surface area (Å²) >= 11 is 0. The van der Waals surface area contributed by atoms with Crippen molar-refractivity contribution in [3.63, 3.8) is 0 Å². The van der Waals surface area contributed by atoms with Crippen molar-refractivity contribution in [2.75, 3.05) is 13.2 Å². The van der Waals surface area contributed by atoms with E-state index in [0.29, 0.717) is 22.6 Å². The molecule has 3 atom stereocenters. The zero-order valence-corrected chi connectivity index (χ0v) is 24.8. The molecule has 0 aromatic carbocycles. The minimum atomic E-state index is -4.61. The highest BCUT2D eigenvalue weighted by atomic mass is 19.4. The van der Waals surface area contributed by atoms with Crippen molar-refractivity contribution in [3.8, 4) is 0 Å². The number of amides is 3. The molecular formula is C29H35F5N8O3. The van der Waals surface area contributed by atoms with Gasteiger partial charge in [0.05, 0.1) is 49.1 Å². The van der Waals surface area contributed by atoms with Gasteiger partial charge in [-0.3, -0.25) is 9.48 Å². The number of nitrogens with two attached hydrogens (primary N) is 1. The Morgan fingerprint density at radius 2 is 1.87 bits per heavy atom. The first-order valence-electron chi connectivity index (χ1n) is 15.1. The standard InChI is InChI=1S/C29H35F5N8O3/c1-15(2)42-21(26(35)43)10-19(39-42)25(16-5-7-28(30,31)8-6-16)20-12-41-24(37-20)9-17(11-36-41)22(14-45-18-3-4-18)40-13-23(29(32,33)34)38-27(40)44/h9-12,15-16,18,22-23,25H,3-8,13-14H2,1-2H3,(H2,35,43)(H,38,44)/t22-,23+,25-/m1/s1. The van der Waals surface area contributed by atoms with E-state index in [1.807, 2.05) is 19.2 Å². The maximum Gasteiger partial charge on any atom is 0.410 e. The van der Waals surface area contributed by atoms with Gasteiger partial charge in [0.2, 0.25) is 5.92 Å². The molecule has 3 N–H and O–H groups in total. The fraction of sp³-hybridized carbons (Fsp3) is 0.621. The molecule has 16 heteroatoms. The van der Waals surface area contributed by atoms with Crippen molar-refractivity contribution >= 4 is 17.6 Å². The number of primary amides is 1. The van der Waals surface area contributed by atoms with E-state index in [1.54, 1.807) is 18.3 Å². The summed E-state index contributed by atoms with van der Waals surface area (Å²) in [5, 5.41) is 11.1. The number of hydrogen-bond acceptors (Lipinski definition) is 6. The van der Waals surface area contributed by atoms with Crippen molar-refractivity contribution in [3.05, 3.63) is 47.2 Å². The minimum Gasteiger partial charge on any atom is -0.376 e. The zero-order valence-electron chi connectivity index (χ0n) is 24.8. The third kappa shape index (κ3) is 6.47. The minimum absolute atomic E-state index is 0.00846. The van der Waals surface area contributed by atoms with E-state index in [1.165, 1.54) is 15.4 Å². The maximum absolute atomic E-state index is 14.2. The van der Waals surface area contributed by atoms with Gasteiger partial charge in [-0.25, -0.2) is 23.1 Å². The van der Waals surface area contributed by atoms with Crippen LogP contribution in [0.3, 0.4) is 0 Å². The predicted molar refractivity (Wildman–Crippen MR) is 150 cm³/mol. The Balaban J connectivity index is 1.37. The number of nitrogens with zero attached hydrogens (tertiary/aromatic N) is 6. The summed E-state index contributed by atoms with van der Waals surface area (Å²) in [4.78, 5) is 30.8. The van der Waals surface area contributed by atoms with Crippen LogP contribution in [0.1, 0.15) is 97.8 Å². The third-order valence-electron chi connectivity index (χ3n) is 8.83. The number of carbonyl (C=O) groups is 2. The number of alkyl halides is 5. The first kappa shape index (κ1) is 31.2. The van der Waals surface area contributed by atoms with Gasteiger partial charge >= 0.3 is 12.2 Å². The van der Waals surface area contributed by atoms with Crippen LogP contribution >= 0.6 is 0 Å². The molecule has 11 nitrogen and oxygen atoms in total. The number of halogens is 5. The summed E-state index contributed by atoms with van der Waals surface area (Å²) in [5.74, 6) is -4.26. The highest BCUT2D eigenvalue weighted by molar-refractivity contribution is 5.91. The molecule has 3 amide bonds. The monoisotopic (exact) mass is 638 g/mol. The summed E-state index contributed by atoms with van der Waals surface area (Å²) in [6.45, 7) is 3.09. The molecule has 0 unspecified atom stereocenters. The lowest BCUT2D eigenvalue weighted by Crippen LogP contribution is -2.40. The fourth-order valence-corrected chi connectivity index (χ4v) is 6.25. The van der Waals surface area contributed by atoms with E-state index in [2.05, 4.69) is 10.2 Å². The SMILES string of the molecule is CC(C)n1nc([C@H](c2cn3ncc([C@@H](COC4CC4)N4C[C@@H](C(F)(F)F)NC4=O)cc3n2)C2CCC(F)(F)CC2)cc1C(N)=O. The first-order valence-corrected chi connectivity index (χ1v) is 15.1. The van der Waals surface area contributed by atoms with Gasteiger partial charge in [0, 0.05) is 30.4 Å². The molecule has 0 spiro atoms. The van der Waals surface area contributed by atoms with Crippen molar-refractivity contribution in [1.82, 2.24) is 34.6 Å². The highest BCUT2D eigenvalue weighted by Gasteiger charge is 2.49. The number of aromatic nitrogens is 5. The Bertz CT molecular complexity index is 1570. The molecule has 244 valence electrons. The Morgan fingerprint density at radius 3 is 2.44 bits per heavy atom. The van der Waals surface area contributed by atoms with E-state index >= 15 is 0 Å². The Morgan fingerprint density at radius 1 is 1.16 bits per heavy atom. The molecule has 2 saturated carbocycles. The van der Waals surface area contributed by atoms with Crippen molar-refractivity contribution in [2.24, 2.45) is 11.7 Å². The second kappa shape index (κ2) is 11.5. The van der Waals surface area contributed by atoms with Crippen LogP contribution in [-0.2, 0) is 4.74 Å². The molecule has 3 aromatic rings. The molecule has 1 saturated heterocycles. The van der Waals surface area contributed by atoms with Crippen LogP contribution in [0.5, 0.6) is 0 Å². The van der Waals surface area contributed by atoms with Gasteiger partial charge in [-0.05, 0) is 57.6 Å². The van der Waals surface area contributed by atoms with E-state index in [9.17, 15) is 31.5 Å². The first-order chi connectivity index (χ1) is 21.2. The highest BCUT2D eigenvalue weighted by Crippen LogP contribution is 2.45. The Labute approximate surface area is 255 Å². The normalized spacial score (nSPS) is 22.3. The van der Waals surface area contributed by atoms with Gasteiger partial charge in [0.25, 0.3) is 5.91 Å². The van der Waals surface area contributed by atoms with Crippen molar-refractivity contribution in [2.45, 2.75) is 94.6 Å². The quantitative estimate of drug-likeness (QED) is 0.309. The number of fused-ring (bicyclic) bond motifs is 1. The average Bonchev–Trinajstić information content (AvgIpc) is 3.33. The number of rotatable bonds is 10. The molecule has 45 heavy (non-hydrogen) atoms. The Kier molecular flexibility index (Phi) is 7.98. The summed E-state index contributed by atoms with van der Waals surface area (Å²) < 4.78 is 77.5. The van der Waals surface area contributed by atoms with Gasteiger partial charge in [-0.1, -0.05) is 0 Å². The number of carbonyl (C=O) groups excluding carboxylic acids is 2. The average molecular weight is 639 g/mol. The van der Waals surface area contributed by atoms with Crippen LogP contribution in [0.25, 0.3) is 5.65 Å². The Hall–Kier alpha value is -3.82. The molecule has 0 radical (unpaired) electrons. The molecule has 3 aliphatic rings. The van der Waals surface area contributed by atoms with Crippen LogP contribution in [0.15, 0.2) is 24.5 Å². The third-order valence-corrected chi connectivity index (χ3v) is 8.83. The second-order valence-corrected chi connectivity index (χ2v) is 12.5. The molecule has 4 heterocycles. The lowest BCUT2D eigenvalue weighted by molar-refractivity contribution is -0.150. The number of ether oxygens (including phenoxy) is 1. The number of hydrogen-bond donors (Lipinski definition) is 2. The van der Waals surface area contributed by atoms with Crippen LogP contribution in [0.2, 0.25) is 0 Å². The smallest absolute Gasteiger partial charge is 0.376 e.